The number of hydrogen-bond donors (Lipinski definition) is 2. The lowest BCUT2D eigenvalue weighted by Crippen LogP contribution is -2.39. The van der Waals surface area contributed by atoms with Crippen LogP contribution in [0.3, 0.4) is 0 Å². The van der Waals surface area contributed by atoms with E-state index in [1.807, 2.05) is 36.4 Å². The number of nitrogens with zero attached hydrogens (tertiary/aromatic N) is 2. The molecule has 0 fully saturated rings. The van der Waals surface area contributed by atoms with Crippen LogP contribution >= 0.6 is 0 Å². The molecule has 0 radical (unpaired) electrons. The molecule has 0 bridgehead atoms. The largest absolute Gasteiger partial charge is 0.372 e. The minimum Gasteiger partial charge on any atom is -0.372 e. The number of rotatable bonds is 16. The first-order valence-electron chi connectivity index (χ1n) is 16.9. The van der Waals surface area contributed by atoms with Crippen molar-refractivity contribution < 1.29 is 0 Å². The van der Waals surface area contributed by atoms with E-state index in [0.717, 1.165) is 48.7 Å². The van der Waals surface area contributed by atoms with Gasteiger partial charge in [0.15, 0.2) is 0 Å². The van der Waals surface area contributed by atoms with Crippen LogP contribution in [0.1, 0.15) is 80.1 Å². The molecule has 0 saturated heterocycles. The summed E-state index contributed by atoms with van der Waals surface area (Å²) >= 11 is 0. The maximum atomic E-state index is 3.44. The minimum absolute atomic E-state index is 0.558. The molecule has 0 saturated carbocycles. The predicted octanol–water partition coefficient (Wildman–Crippen LogP) is 11.7. The first-order valence-corrected chi connectivity index (χ1v) is 16.9. The number of para-hydroxylation sites is 2. The van der Waals surface area contributed by atoms with Crippen LogP contribution in [0.4, 0.5) is 34.1 Å². The Morgan fingerprint density at radius 2 is 0.841 bits per heavy atom. The van der Waals surface area contributed by atoms with E-state index in [9.17, 15) is 0 Å². The van der Waals surface area contributed by atoms with Gasteiger partial charge in [-0.2, -0.15) is 0 Å². The van der Waals surface area contributed by atoms with Crippen molar-refractivity contribution in [2.75, 3.05) is 33.5 Å². The molecule has 0 aliphatic rings. The van der Waals surface area contributed by atoms with E-state index in [0.29, 0.717) is 12.1 Å². The van der Waals surface area contributed by atoms with Crippen LogP contribution in [0.25, 0.3) is 0 Å². The van der Waals surface area contributed by atoms with Crippen LogP contribution in [-0.2, 0) is 0 Å². The summed E-state index contributed by atoms with van der Waals surface area (Å²) in [5.74, 6) is 0. The van der Waals surface area contributed by atoms with E-state index in [2.05, 4.69) is 135 Å². The maximum Gasteiger partial charge on any atom is 0.0385 e. The summed E-state index contributed by atoms with van der Waals surface area (Å²) in [6.45, 7) is 15.9. The molecule has 2 atom stereocenters. The Labute approximate surface area is 268 Å². The van der Waals surface area contributed by atoms with E-state index >= 15 is 0 Å². The predicted molar refractivity (Wildman–Crippen MR) is 196 cm³/mol. The summed E-state index contributed by atoms with van der Waals surface area (Å²) in [6, 6.07) is 39.3. The molecule has 0 aliphatic heterocycles. The molecule has 4 aromatic rings. The molecule has 0 heterocycles. The summed E-state index contributed by atoms with van der Waals surface area (Å²) in [7, 11) is 0. The van der Waals surface area contributed by atoms with Gasteiger partial charge in [0, 0.05) is 59.3 Å². The summed E-state index contributed by atoms with van der Waals surface area (Å²) in [4.78, 5) is 5.05. The van der Waals surface area contributed by atoms with Crippen molar-refractivity contribution >= 4 is 34.1 Å². The zero-order valence-corrected chi connectivity index (χ0v) is 28.1. The smallest absolute Gasteiger partial charge is 0.0385 e. The van der Waals surface area contributed by atoms with Gasteiger partial charge in [-0.1, -0.05) is 76.9 Å². The van der Waals surface area contributed by atoms with E-state index in [4.69, 9.17) is 0 Å². The van der Waals surface area contributed by atoms with Crippen molar-refractivity contribution in [3.8, 4) is 0 Å². The standard InChI is InChI=1S/2C20H28N2/c1-5-16(3)22(17(4)6-2)20-14-12-19(13-15-20)21-18-10-8-7-9-11-18;1-3-5-16-22(17-6-4-2)20-14-12-19(13-15-20)21-18-10-8-7-9-11-18/h7-17,21H,5-6H2,1-4H3;7-15,21H,3-6,16-17H2,1-2H3. The Morgan fingerprint density at radius 3 is 1.20 bits per heavy atom. The van der Waals surface area contributed by atoms with Crippen LogP contribution in [0.15, 0.2) is 109 Å². The maximum absolute atomic E-state index is 3.44. The molecule has 2 N–H and O–H groups in total. The van der Waals surface area contributed by atoms with Crippen LogP contribution in [0, 0.1) is 0 Å². The zero-order chi connectivity index (χ0) is 31.6. The van der Waals surface area contributed by atoms with Gasteiger partial charge in [0.1, 0.15) is 0 Å². The van der Waals surface area contributed by atoms with Gasteiger partial charge in [0.2, 0.25) is 0 Å². The highest BCUT2D eigenvalue weighted by Crippen LogP contribution is 2.26. The normalized spacial score (nSPS) is 12.0. The van der Waals surface area contributed by atoms with Gasteiger partial charge >= 0.3 is 0 Å². The van der Waals surface area contributed by atoms with Crippen molar-refractivity contribution in [1.29, 1.82) is 0 Å². The molecule has 44 heavy (non-hydrogen) atoms. The minimum atomic E-state index is 0.558. The van der Waals surface area contributed by atoms with Gasteiger partial charge in [0.05, 0.1) is 0 Å². The van der Waals surface area contributed by atoms with Crippen LogP contribution < -0.4 is 20.4 Å². The summed E-state index contributed by atoms with van der Waals surface area (Å²) in [5.41, 5.74) is 7.16. The lowest BCUT2D eigenvalue weighted by molar-refractivity contribution is 0.527. The molecule has 0 amide bonds. The molecule has 2 unspecified atom stereocenters. The van der Waals surface area contributed by atoms with Gasteiger partial charge in [-0.05, 0) is 112 Å². The van der Waals surface area contributed by atoms with Gasteiger partial charge in [0.25, 0.3) is 0 Å². The monoisotopic (exact) mass is 592 g/mol. The summed E-state index contributed by atoms with van der Waals surface area (Å²) in [6.07, 6.45) is 7.33. The number of hydrogen-bond acceptors (Lipinski definition) is 4. The van der Waals surface area contributed by atoms with Crippen molar-refractivity contribution in [3.05, 3.63) is 109 Å². The fourth-order valence-corrected chi connectivity index (χ4v) is 5.25. The molecule has 4 heteroatoms. The average Bonchev–Trinajstić information content (AvgIpc) is 3.07. The van der Waals surface area contributed by atoms with Gasteiger partial charge in [-0.3, -0.25) is 0 Å². The molecule has 0 aliphatic carbocycles. The zero-order valence-electron chi connectivity index (χ0n) is 28.1. The molecular weight excluding hydrogens is 536 g/mol. The fourth-order valence-electron chi connectivity index (χ4n) is 5.25. The lowest BCUT2D eigenvalue weighted by atomic mass is 10.1. The van der Waals surface area contributed by atoms with Gasteiger partial charge in [-0.15, -0.1) is 0 Å². The molecule has 0 spiro atoms. The Morgan fingerprint density at radius 1 is 0.477 bits per heavy atom. The van der Waals surface area contributed by atoms with E-state index in [1.165, 1.54) is 37.1 Å². The Hall–Kier alpha value is -3.92. The molecular formula is C40H56N4. The second-order valence-corrected chi connectivity index (χ2v) is 11.7. The highest BCUT2D eigenvalue weighted by Gasteiger charge is 2.18. The number of benzene rings is 4. The fraction of sp³-hybridized carbons (Fsp3) is 0.400. The van der Waals surface area contributed by atoms with Crippen LogP contribution in [-0.4, -0.2) is 25.2 Å². The number of unbranched alkanes of at least 4 members (excludes halogenated alkanes) is 2. The highest BCUT2D eigenvalue weighted by atomic mass is 15.2. The lowest BCUT2D eigenvalue weighted by Gasteiger charge is -2.36. The second-order valence-electron chi connectivity index (χ2n) is 11.7. The number of nitrogens with one attached hydrogen (secondary N) is 2. The van der Waals surface area contributed by atoms with Gasteiger partial charge in [-0.25, -0.2) is 0 Å². The third-order valence-corrected chi connectivity index (χ3v) is 8.22. The van der Waals surface area contributed by atoms with Crippen molar-refractivity contribution in [3.63, 3.8) is 0 Å². The average molecular weight is 593 g/mol. The van der Waals surface area contributed by atoms with E-state index in [1.54, 1.807) is 0 Å². The highest BCUT2D eigenvalue weighted by molar-refractivity contribution is 5.64. The van der Waals surface area contributed by atoms with Crippen LogP contribution in [0.5, 0.6) is 0 Å². The topological polar surface area (TPSA) is 30.5 Å². The second kappa shape index (κ2) is 19.4. The summed E-state index contributed by atoms with van der Waals surface area (Å²) < 4.78 is 0. The van der Waals surface area contributed by atoms with Crippen LogP contribution in [0.2, 0.25) is 0 Å². The van der Waals surface area contributed by atoms with Crippen molar-refractivity contribution in [1.82, 2.24) is 0 Å². The molecule has 4 aromatic carbocycles. The van der Waals surface area contributed by atoms with E-state index in [-0.39, 0.29) is 0 Å². The quantitative estimate of drug-likeness (QED) is 0.135. The first kappa shape index (κ1) is 34.6. The summed E-state index contributed by atoms with van der Waals surface area (Å²) in [5, 5.41) is 6.88. The van der Waals surface area contributed by atoms with E-state index < -0.39 is 0 Å². The molecule has 4 nitrogen and oxygen atoms in total. The third kappa shape index (κ3) is 11.3. The Kier molecular flexibility index (Phi) is 15.2. The molecule has 236 valence electrons. The van der Waals surface area contributed by atoms with Gasteiger partial charge < -0.3 is 20.4 Å². The van der Waals surface area contributed by atoms with Crippen molar-refractivity contribution in [2.45, 2.75) is 92.2 Å². The van der Waals surface area contributed by atoms with Crippen molar-refractivity contribution in [2.24, 2.45) is 0 Å². The number of anilines is 6. The Balaban J connectivity index is 0.000000240. The first-order chi connectivity index (χ1) is 21.5. The molecule has 4 rings (SSSR count). The Bertz CT molecular complexity index is 1250. The third-order valence-electron chi connectivity index (χ3n) is 8.22. The molecule has 0 aromatic heterocycles. The SMILES string of the molecule is CCC(C)N(c1ccc(Nc2ccccc2)cc1)C(C)CC.CCCCN(CCCC)c1ccc(Nc2ccccc2)cc1.